The molecule has 8 nitrogen and oxygen atoms in total. The van der Waals surface area contributed by atoms with E-state index in [-0.39, 0.29) is 11.7 Å². The Hall–Kier alpha value is -3.26. The molecule has 1 amide bonds. The van der Waals surface area contributed by atoms with Crippen LogP contribution >= 0.6 is 11.6 Å². The van der Waals surface area contributed by atoms with Gasteiger partial charge in [-0.1, -0.05) is 17.7 Å². The summed E-state index contributed by atoms with van der Waals surface area (Å²) in [6, 6.07) is 13.2. The first-order valence-corrected chi connectivity index (χ1v) is 11.6. The first-order valence-electron chi connectivity index (χ1n) is 11.3. The van der Waals surface area contributed by atoms with E-state index in [9.17, 15) is 9.59 Å². The molecular weight excluding hydrogens is 454 g/mol. The number of alkyl carbamates (subject to hydrolysis) is 1. The normalized spacial score (nSPS) is 16.1. The molecule has 1 aliphatic rings. The third-order valence-electron chi connectivity index (χ3n) is 5.62. The van der Waals surface area contributed by atoms with Gasteiger partial charge in [-0.05, 0) is 63.6 Å². The minimum atomic E-state index is -0.536. The van der Waals surface area contributed by atoms with Crippen molar-refractivity contribution in [2.24, 2.45) is 0 Å². The number of hydrogen-bond donors (Lipinski definition) is 1. The van der Waals surface area contributed by atoms with E-state index >= 15 is 0 Å². The first-order chi connectivity index (χ1) is 16.0. The summed E-state index contributed by atoms with van der Waals surface area (Å²) < 4.78 is 6.97. The van der Waals surface area contributed by atoms with Crippen LogP contribution < -0.4 is 20.8 Å². The highest BCUT2D eigenvalue weighted by atomic mass is 35.5. The Morgan fingerprint density at radius 3 is 2.62 bits per heavy atom. The number of nitrogens with one attached hydrogen (secondary N) is 1. The number of hydrogen-bond acceptors (Lipinski definition) is 6. The molecule has 1 N–H and O–H groups in total. The Bertz CT molecular complexity index is 1280. The molecular formula is C25H30ClN5O3. The number of amides is 1. The molecule has 1 aromatic heterocycles. The molecule has 0 saturated carbocycles. The van der Waals surface area contributed by atoms with Gasteiger partial charge in [0.25, 0.3) is 0 Å². The van der Waals surface area contributed by atoms with E-state index < -0.39 is 11.7 Å². The van der Waals surface area contributed by atoms with E-state index in [1.807, 2.05) is 70.1 Å². The molecule has 1 unspecified atom stereocenters. The molecule has 0 aliphatic carbocycles. The molecule has 2 heterocycles. The minimum absolute atomic E-state index is 0.0121. The highest BCUT2D eigenvalue weighted by Crippen LogP contribution is 2.28. The van der Waals surface area contributed by atoms with Gasteiger partial charge in [-0.2, -0.15) is 4.98 Å². The van der Waals surface area contributed by atoms with E-state index in [0.717, 1.165) is 24.0 Å². The zero-order valence-corrected chi connectivity index (χ0v) is 20.9. The van der Waals surface area contributed by atoms with Crippen molar-refractivity contribution < 1.29 is 9.53 Å². The summed E-state index contributed by atoms with van der Waals surface area (Å²) in [6.07, 6.45) is 0.399. The molecule has 1 saturated heterocycles. The van der Waals surface area contributed by atoms with Gasteiger partial charge >= 0.3 is 11.8 Å². The Balaban J connectivity index is 1.64. The van der Waals surface area contributed by atoms with Crippen molar-refractivity contribution in [2.75, 3.05) is 37.0 Å². The first kappa shape index (κ1) is 23.9. The fourth-order valence-electron chi connectivity index (χ4n) is 4.19. The highest BCUT2D eigenvalue weighted by molar-refractivity contribution is 6.31. The number of benzene rings is 2. The number of carbonyl (C=O) groups is 1. The summed E-state index contributed by atoms with van der Waals surface area (Å²) in [4.78, 5) is 33.6. The van der Waals surface area contributed by atoms with Gasteiger partial charge in [-0.3, -0.25) is 4.57 Å². The summed E-state index contributed by atoms with van der Waals surface area (Å²) in [5.41, 5.74) is 1.45. The van der Waals surface area contributed by atoms with Crippen LogP contribution in [0.2, 0.25) is 5.02 Å². The van der Waals surface area contributed by atoms with Crippen LogP contribution in [0, 0.1) is 0 Å². The van der Waals surface area contributed by atoms with Crippen molar-refractivity contribution >= 4 is 40.1 Å². The van der Waals surface area contributed by atoms with Gasteiger partial charge in [0.2, 0.25) is 0 Å². The fraction of sp³-hybridized carbons (Fsp3) is 0.400. The number of aromatic nitrogens is 2. The Kier molecular flexibility index (Phi) is 6.45. The van der Waals surface area contributed by atoms with Crippen LogP contribution in [0.25, 0.3) is 16.6 Å². The van der Waals surface area contributed by atoms with Crippen LogP contribution in [0.1, 0.15) is 27.2 Å². The molecule has 34 heavy (non-hydrogen) atoms. The molecule has 1 aliphatic heterocycles. The number of halogens is 1. The third-order valence-corrected chi connectivity index (χ3v) is 5.86. The molecule has 0 bridgehead atoms. The van der Waals surface area contributed by atoms with Crippen LogP contribution in [-0.2, 0) is 4.74 Å². The molecule has 3 aromatic rings. The van der Waals surface area contributed by atoms with E-state index in [1.165, 1.54) is 0 Å². The van der Waals surface area contributed by atoms with Crippen LogP contribution in [-0.4, -0.2) is 54.5 Å². The molecule has 0 spiro atoms. The van der Waals surface area contributed by atoms with E-state index in [1.54, 1.807) is 16.7 Å². The van der Waals surface area contributed by atoms with Crippen LogP contribution in [0.5, 0.6) is 0 Å². The van der Waals surface area contributed by atoms with Gasteiger partial charge in [-0.15, -0.1) is 0 Å². The molecule has 1 atom stereocenters. The molecule has 180 valence electrons. The lowest BCUT2D eigenvalue weighted by Gasteiger charge is -2.23. The quantitative estimate of drug-likeness (QED) is 0.599. The zero-order valence-electron chi connectivity index (χ0n) is 20.1. The van der Waals surface area contributed by atoms with E-state index in [4.69, 9.17) is 16.3 Å². The number of ether oxygens (including phenoxy) is 1. The predicted molar refractivity (Wildman–Crippen MR) is 137 cm³/mol. The number of fused-ring (bicyclic) bond motifs is 1. The van der Waals surface area contributed by atoms with Gasteiger partial charge < -0.3 is 19.9 Å². The molecule has 1 fully saturated rings. The topological polar surface area (TPSA) is 79.7 Å². The zero-order chi connectivity index (χ0) is 24.6. The summed E-state index contributed by atoms with van der Waals surface area (Å²) in [5, 5.41) is 4.33. The number of rotatable bonds is 4. The lowest BCUT2D eigenvalue weighted by atomic mass is 10.2. The second-order valence-corrected chi connectivity index (χ2v) is 10.1. The second-order valence-electron chi connectivity index (χ2n) is 9.71. The summed E-state index contributed by atoms with van der Waals surface area (Å²) >= 11 is 6.29. The van der Waals surface area contributed by atoms with Gasteiger partial charge in [0.15, 0.2) is 0 Å². The van der Waals surface area contributed by atoms with Crippen molar-refractivity contribution in [1.29, 1.82) is 0 Å². The maximum absolute atomic E-state index is 13.1. The number of anilines is 2. The summed E-state index contributed by atoms with van der Waals surface area (Å²) in [5.74, 6) is 0.597. The monoisotopic (exact) mass is 483 g/mol. The van der Waals surface area contributed by atoms with Crippen LogP contribution in [0.15, 0.2) is 47.3 Å². The Morgan fingerprint density at radius 1 is 1.18 bits per heavy atom. The third kappa shape index (κ3) is 5.12. The van der Waals surface area contributed by atoms with E-state index in [0.29, 0.717) is 28.6 Å². The highest BCUT2D eigenvalue weighted by Gasteiger charge is 2.26. The van der Waals surface area contributed by atoms with Crippen molar-refractivity contribution in [1.82, 2.24) is 14.9 Å². The summed E-state index contributed by atoms with van der Waals surface area (Å²) in [7, 11) is 3.71. The maximum Gasteiger partial charge on any atom is 0.407 e. The summed E-state index contributed by atoms with van der Waals surface area (Å²) in [6.45, 7) is 6.97. The van der Waals surface area contributed by atoms with Crippen molar-refractivity contribution in [3.05, 3.63) is 58.0 Å². The average molecular weight is 484 g/mol. The van der Waals surface area contributed by atoms with Gasteiger partial charge in [0, 0.05) is 43.3 Å². The number of carbonyl (C=O) groups excluding carboxylic acids is 1. The largest absolute Gasteiger partial charge is 0.444 e. The Morgan fingerprint density at radius 2 is 1.91 bits per heavy atom. The van der Waals surface area contributed by atoms with Crippen molar-refractivity contribution in [3.63, 3.8) is 0 Å². The molecule has 4 rings (SSSR count). The predicted octanol–water partition coefficient (Wildman–Crippen LogP) is 4.21. The van der Waals surface area contributed by atoms with Crippen molar-refractivity contribution in [2.45, 2.75) is 38.8 Å². The number of nitrogens with zero attached hydrogens (tertiary/aromatic N) is 4. The minimum Gasteiger partial charge on any atom is -0.444 e. The van der Waals surface area contributed by atoms with Crippen molar-refractivity contribution in [3.8, 4) is 5.69 Å². The van der Waals surface area contributed by atoms with Crippen LogP contribution in [0.3, 0.4) is 0 Å². The van der Waals surface area contributed by atoms with E-state index in [2.05, 4.69) is 15.2 Å². The smallest absolute Gasteiger partial charge is 0.407 e. The Labute approximate surface area is 204 Å². The second kappa shape index (κ2) is 9.18. The van der Waals surface area contributed by atoms with Gasteiger partial charge in [0.05, 0.1) is 17.2 Å². The van der Waals surface area contributed by atoms with Crippen LogP contribution in [0.4, 0.5) is 16.3 Å². The SMILES string of the molecule is CN(C)c1nc(=O)n(-c2cccc(N3CCC(NC(=O)OC(C)(C)C)C3)c2)c2cc(Cl)ccc12. The standard InChI is InChI=1S/C25H30ClN5O3/c1-25(2,3)34-24(33)27-17-11-12-30(15-17)18-7-6-8-19(14-18)31-21-13-16(26)9-10-20(21)22(29(4)5)28-23(31)32/h6-10,13-14,17H,11-12,15H2,1-5H3,(H,27,33). The molecule has 0 radical (unpaired) electrons. The van der Waals surface area contributed by atoms with Gasteiger partial charge in [-0.25, -0.2) is 9.59 Å². The average Bonchev–Trinajstić information content (AvgIpc) is 3.20. The maximum atomic E-state index is 13.1. The lowest BCUT2D eigenvalue weighted by molar-refractivity contribution is 0.0509. The molecule has 2 aromatic carbocycles. The van der Waals surface area contributed by atoms with Gasteiger partial charge in [0.1, 0.15) is 11.4 Å². The lowest BCUT2D eigenvalue weighted by Crippen LogP contribution is -2.40. The fourth-order valence-corrected chi connectivity index (χ4v) is 4.36. The molecule has 9 heteroatoms.